The lowest BCUT2D eigenvalue weighted by Gasteiger charge is -2.30. The average molecular weight is 505 g/mol. The van der Waals surface area contributed by atoms with Crippen LogP contribution in [0.4, 0.5) is 11.5 Å². The van der Waals surface area contributed by atoms with Gasteiger partial charge in [0.2, 0.25) is 0 Å². The molecule has 0 radical (unpaired) electrons. The Balaban J connectivity index is 1.08. The Kier molecular flexibility index (Phi) is 6.32. The highest BCUT2D eigenvalue weighted by Gasteiger charge is 2.30. The van der Waals surface area contributed by atoms with Gasteiger partial charge in [-0.25, -0.2) is 4.98 Å². The van der Waals surface area contributed by atoms with Crippen molar-refractivity contribution >= 4 is 34.1 Å². The van der Waals surface area contributed by atoms with Crippen LogP contribution >= 0.6 is 0 Å². The van der Waals surface area contributed by atoms with Crippen molar-refractivity contribution in [2.75, 3.05) is 30.9 Å². The molecule has 1 aromatic heterocycles. The number of benzene rings is 3. The molecule has 2 aliphatic carbocycles. The van der Waals surface area contributed by atoms with Gasteiger partial charge in [0.05, 0.1) is 5.52 Å². The van der Waals surface area contributed by atoms with Crippen LogP contribution in [0, 0.1) is 5.92 Å². The Morgan fingerprint density at radius 2 is 1.61 bits per heavy atom. The van der Waals surface area contributed by atoms with Crippen LogP contribution in [0.1, 0.15) is 52.0 Å². The summed E-state index contributed by atoms with van der Waals surface area (Å²) in [6.45, 7) is 0.643. The average Bonchev–Trinajstić information content (AvgIpc) is 3.24. The van der Waals surface area contributed by atoms with Gasteiger partial charge in [-0.2, -0.15) is 0 Å². The number of para-hydroxylation sites is 1. The van der Waals surface area contributed by atoms with Crippen molar-refractivity contribution in [1.82, 2.24) is 10.3 Å². The molecule has 6 rings (SSSR count). The summed E-state index contributed by atoms with van der Waals surface area (Å²) in [5, 5.41) is 7.98. The van der Waals surface area contributed by atoms with E-state index in [1.807, 2.05) is 48.5 Å². The molecule has 0 bridgehead atoms. The number of rotatable bonds is 6. The quantitative estimate of drug-likeness (QED) is 0.301. The zero-order chi connectivity index (χ0) is 26.2. The van der Waals surface area contributed by atoms with Crippen LogP contribution < -0.4 is 15.5 Å². The first-order valence-electron chi connectivity index (χ1n) is 13.4. The fraction of sp³-hybridized carbons (Fsp3) is 0.281. The summed E-state index contributed by atoms with van der Waals surface area (Å²) in [4.78, 5) is 33.0. The van der Waals surface area contributed by atoms with Crippen molar-refractivity contribution in [1.29, 1.82) is 0 Å². The van der Waals surface area contributed by atoms with E-state index < -0.39 is 0 Å². The predicted molar refractivity (Wildman–Crippen MR) is 153 cm³/mol. The second-order valence-corrected chi connectivity index (χ2v) is 10.6. The third-order valence-corrected chi connectivity index (χ3v) is 7.92. The molecule has 0 aliphatic heterocycles. The van der Waals surface area contributed by atoms with Crippen LogP contribution in [-0.4, -0.2) is 43.4 Å². The van der Waals surface area contributed by atoms with E-state index in [0.29, 0.717) is 35.2 Å². The Hall–Kier alpha value is -4.19. The highest BCUT2D eigenvalue weighted by molar-refractivity contribution is 6.24. The number of nitrogens with zero attached hydrogens (tertiary/aromatic N) is 2. The molecular formula is C32H32N4O2. The molecule has 6 heteroatoms. The molecule has 38 heavy (non-hydrogen) atoms. The summed E-state index contributed by atoms with van der Waals surface area (Å²) in [7, 11) is 4.12. The van der Waals surface area contributed by atoms with Crippen LogP contribution in [0.5, 0.6) is 0 Å². The SMILES string of the molecule is CN(C)c1cc(N[C@H]2CC[C@@H](CNC(=O)c3cccc4c3-c3ccccc3C4=O)CC2)nc2ccccc12. The number of nitrogens with one attached hydrogen (secondary N) is 2. The van der Waals surface area contributed by atoms with Gasteiger partial charge in [-0.05, 0) is 49.3 Å². The topological polar surface area (TPSA) is 74.3 Å². The largest absolute Gasteiger partial charge is 0.377 e. The Morgan fingerprint density at radius 3 is 2.39 bits per heavy atom. The molecule has 1 fully saturated rings. The number of fused-ring (bicyclic) bond motifs is 4. The molecule has 6 nitrogen and oxygen atoms in total. The van der Waals surface area contributed by atoms with Crippen molar-refractivity contribution in [2.24, 2.45) is 5.92 Å². The first-order valence-corrected chi connectivity index (χ1v) is 13.4. The van der Waals surface area contributed by atoms with Gasteiger partial charge in [-0.15, -0.1) is 0 Å². The van der Waals surface area contributed by atoms with Crippen LogP contribution in [0.2, 0.25) is 0 Å². The molecule has 0 spiro atoms. The van der Waals surface area contributed by atoms with Gasteiger partial charge < -0.3 is 15.5 Å². The second kappa shape index (κ2) is 9.93. The summed E-state index contributed by atoms with van der Waals surface area (Å²) in [6.07, 6.45) is 4.16. The summed E-state index contributed by atoms with van der Waals surface area (Å²) in [5.41, 5.74) is 5.64. The third-order valence-electron chi connectivity index (χ3n) is 7.92. The number of aromatic nitrogens is 1. The molecule has 1 amide bonds. The van der Waals surface area contributed by atoms with Gasteiger partial charge in [0.1, 0.15) is 5.82 Å². The molecule has 4 aromatic rings. The van der Waals surface area contributed by atoms with E-state index in [1.165, 1.54) is 0 Å². The van der Waals surface area contributed by atoms with Gasteiger partial charge in [0.25, 0.3) is 5.91 Å². The predicted octanol–water partition coefficient (Wildman–Crippen LogP) is 5.91. The highest BCUT2D eigenvalue weighted by atomic mass is 16.1. The smallest absolute Gasteiger partial charge is 0.251 e. The summed E-state index contributed by atoms with van der Waals surface area (Å²) in [5.74, 6) is 1.24. The standard InChI is InChI=1S/C32H32N4O2/c1-36(2)28-18-29(35-27-13-6-5-10-24(27)28)34-21-16-14-20(15-17-21)19-33-32(38)26-12-7-11-25-30(26)22-8-3-4-9-23(22)31(25)37/h3-13,18,20-21H,14-17,19H2,1-2H3,(H,33,38)(H,34,35)/t20-,21+. The Labute approximate surface area is 223 Å². The first-order chi connectivity index (χ1) is 18.5. The summed E-state index contributed by atoms with van der Waals surface area (Å²) >= 11 is 0. The molecule has 2 aliphatic rings. The fourth-order valence-electron chi connectivity index (χ4n) is 5.92. The van der Waals surface area contributed by atoms with Crippen LogP contribution in [-0.2, 0) is 0 Å². The molecule has 0 unspecified atom stereocenters. The van der Waals surface area contributed by atoms with Crippen molar-refractivity contribution in [2.45, 2.75) is 31.7 Å². The molecule has 2 N–H and O–H groups in total. The molecule has 1 heterocycles. The zero-order valence-corrected chi connectivity index (χ0v) is 21.8. The zero-order valence-electron chi connectivity index (χ0n) is 21.8. The monoisotopic (exact) mass is 504 g/mol. The number of hydrogen-bond donors (Lipinski definition) is 2. The van der Waals surface area contributed by atoms with E-state index >= 15 is 0 Å². The maximum absolute atomic E-state index is 13.2. The molecule has 0 saturated heterocycles. The number of ketones is 1. The van der Waals surface area contributed by atoms with Crippen molar-refractivity contribution in [3.8, 4) is 11.1 Å². The number of carbonyl (C=O) groups is 2. The van der Waals surface area contributed by atoms with Gasteiger partial charge in [0, 0.05) is 66.1 Å². The molecular weight excluding hydrogens is 472 g/mol. The minimum Gasteiger partial charge on any atom is -0.377 e. The normalized spacial score (nSPS) is 18.1. The summed E-state index contributed by atoms with van der Waals surface area (Å²) in [6, 6.07) is 23.7. The van der Waals surface area contributed by atoms with Crippen molar-refractivity contribution < 1.29 is 9.59 Å². The number of carbonyl (C=O) groups excluding carboxylic acids is 2. The van der Waals surface area contributed by atoms with Crippen LogP contribution in [0.25, 0.3) is 22.0 Å². The second-order valence-electron chi connectivity index (χ2n) is 10.6. The molecule has 1 saturated carbocycles. The number of hydrogen-bond acceptors (Lipinski definition) is 5. The minimum absolute atomic E-state index is 0.00493. The number of anilines is 2. The lowest BCUT2D eigenvalue weighted by atomic mass is 9.86. The molecule has 3 aromatic carbocycles. The Bertz CT molecular complexity index is 1540. The number of amides is 1. The maximum atomic E-state index is 13.2. The van der Waals surface area contributed by atoms with E-state index in [0.717, 1.165) is 59.2 Å². The third kappa shape index (κ3) is 4.40. The highest BCUT2D eigenvalue weighted by Crippen LogP contribution is 2.39. The van der Waals surface area contributed by atoms with E-state index in [9.17, 15) is 9.59 Å². The molecule has 0 atom stereocenters. The maximum Gasteiger partial charge on any atom is 0.251 e. The van der Waals surface area contributed by atoms with E-state index in [2.05, 4.69) is 47.8 Å². The first kappa shape index (κ1) is 24.2. The Morgan fingerprint density at radius 1 is 0.895 bits per heavy atom. The van der Waals surface area contributed by atoms with Crippen molar-refractivity contribution in [3.63, 3.8) is 0 Å². The van der Waals surface area contributed by atoms with Crippen LogP contribution in [0.3, 0.4) is 0 Å². The van der Waals surface area contributed by atoms with Crippen molar-refractivity contribution in [3.05, 3.63) is 89.5 Å². The van der Waals surface area contributed by atoms with Gasteiger partial charge >= 0.3 is 0 Å². The van der Waals surface area contributed by atoms with Gasteiger partial charge in [0.15, 0.2) is 5.78 Å². The number of pyridine rings is 1. The minimum atomic E-state index is -0.108. The van der Waals surface area contributed by atoms with E-state index in [-0.39, 0.29) is 11.7 Å². The lowest BCUT2D eigenvalue weighted by molar-refractivity contribution is 0.0944. The lowest BCUT2D eigenvalue weighted by Crippen LogP contribution is -2.34. The van der Waals surface area contributed by atoms with Crippen LogP contribution in [0.15, 0.2) is 72.8 Å². The van der Waals surface area contributed by atoms with Gasteiger partial charge in [-0.1, -0.05) is 54.6 Å². The van der Waals surface area contributed by atoms with E-state index in [4.69, 9.17) is 4.98 Å². The summed E-state index contributed by atoms with van der Waals surface area (Å²) < 4.78 is 0. The fourth-order valence-corrected chi connectivity index (χ4v) is 5.92. The van der Waals surface area contributed by atoms with E-state index in [1.54, 1.807) is 6.07 Å². The molecule has 192 valence electrons. The van der Waals surface area contributed by atoms with Gasteiger partial charge in [-0.3, -0.25) is 9.59 Å².